The molecule has 0 saturated carbocycles. The van der Waals surface area contributed by atoms with Crippen LogP contribution in [0.3, 0.4) is 0 Å². The van der Waals surface area contributed by atoms with E-state index in [2.05, 4.69) is 10.6 Å². The molecule has 0 amide bonds. The molecule has 1 aromatic rings. The van der Waals surface area contributed by atoms with Crippen LogP contribution in [-0.2, 0) is 0 Å². The molecule has 3 rings (SSSR count). The van der Waals surface area contributed by atoms with Gasteiger partial charge in [-0.05, 0) is 32.0 Å². The van der Waals surface area contributed by atoms with Crippen LogP contribution >= 0.6 is 11.6 Å². The van der Waals surface area contributed by atoms with Crippen molar-refractivity contribution < 1.29 is 5.11 Å². The number of aliphatic hydroxyl groups excluding tert-OH is 1. The van der Waals surface area contributed by atoms with Crippen molar-refractivity contribution in [2.75, 3.05) is 18.4 Å². The summed E-state index contributed by atoms with van der Waals surface area (Å²) < 4.78 is 0. The maximum Gasteiger partial charge on any atom is 0.104 e. The molecule has 1 atom stereocenters. The number of para-hydroxylation sites is 1. The number of benzene rings is 1. The van der Waals surface area contributed by atoms with E-state index >= 15 is 0 Å². The highest BCUT2D eigenvalue weighted by molar-refractivity contribution is 6.33. The molecule has 16 heavy (non-hydrogen) atoms. The van der Waals surface area contributed by atoms with Crippen LogP contribution in [0.5, 0.6) is 0 Å². The average Bonchev–Trinajstić information content (AvgIpc) is 2.57. The molecule has 1 fully saturated rings. The fourth-order valence-corrected chi connectivity index (χ4v) is 3.02. The summed E-state index contributed by atoms with van der Waals surface area (Å²) in [6.45, 7) is 1.88. The highest BCUT2D eigenvalue weighted by atomic mass is 35.5. The monoisotopic (exact) mass is 238 g/mol. The molecular weight excluding hydrogens is 224 g/mol. The summed E-state index contributed by atoms with van der Waals surface area (Å²) in [5.74, 6) is 0. The van der Waals surface area contributed by atoms with Crippen molar-refractivity contribution in [1.82, 2.24) is 5.32 Å². The number of fused-ring (bicyclic) bond motifs is 1. The normalized spacial score (nSPS) is 26.5. The van der Waals surface area contributed by atoms with Gasteiger partial charge in [-0.3, -0.25) is 0 Å². The highest BCUT2D eigenvalue weighted by Crippen LogP contribution is 2.47. The van der Waals surface area contributed by atoms with Crippen LogP contribution in [0.15, 0.2) is 18.2 Å². The summed E-state index contributed by atoms with van der Waals surface area (Å²) in [7, 11) is 0. The first-order valence-corrected chi connectivity index (χ1v) is 6.06. The number of hydrogen-bond acceptors (Lipinski definition) is 3. The van der Waals surface area contributed by atoms with Crippen molar-refractivity contribution in [3.63, 3.8) is 0 Å². The Kier molecular flexibility index (Phi) is 2.35. The van der Waals surface area contributed by atoms with Crippen LogP contribution < -0.4 is 10.6 Å². The Bertz CT molecular complexity index is 415. The van der Waals surface area contributed by atoms with Gasteiger partial charge in [0.15, 0.2) is 0 Å². The quantitative estimate of drug-likeness (QED) is 0.647. The molecule has 2 aliphatic heterocycles. The minimum Gasteiger partial charge on any atom is -0.386 e. The lowest BCUT2D eigenvalue weighted by Gasteiger charge is -2.37. The molecule has 0 radical (unpaired) electrons. The summed E-state index contributed by atoms with van der Waals surface area (Å²) in [6, 6.07) is 5.71. The van der Waals surface area contributed by atoms with E-state index in [1.165, 1.54) is 0 Å². The van der Waals surface area contributed by atoms with Crippen molar-refractivity contribution in [3.8, 4) is 0 Å². The molecular formula is C12H15ClN2O. The Labute approximate surface area is 99.8 Å². The SMILES string of the molecule is OC1c2cccc(Cl)c2NC12CCNCC2. The van der Waals surface area contributed by atoms with Crippen LogP contribution in [0, 0.1) is 0 Å². The van der Waals surface area contributed by atoms with Crippen molar-refractivity contribution in [1.29, 1.82) is 0 Å². The standard InChI is InChI=1S/C12H15ClN2O/c13-9-3-1-2-8-10(9)15-12(11(8)16)4-6-14-7-5-12/h1-3,11,14-16H,4-7H2. The van der Waals surface area contributed by atoms with E-state index in [9.17, 15) is 5.11 Å². The van der Waals surface area contributed by atoms with Gasteiger partial charge in [0.2, 0.25) is 0 Å². The summed E-state index contributed by atoms with van der Waals surface area (Å²) in [5.41, 5.74) is 1.64. The van der Waals surface area contributed by atoms with Crippen LogP contribution in [0.25, 0.3) is 0 Å². The van der Waals surface area contributed by atoms with Crippen LogP contribution in [0.1, 0.15) is 24.5 Å². The third kappa shape index (κ3) is 1.35. The Balaban J connectivity index is 2.02. The van der Waals surface area contributed by atoms with Gasteiger partial charge in [0.25, 0.3) is 0 Å². The molecule has 4 heteroatoms. The molecule has 1 aromatic carbocycles. The van der Waals surface area contributed by atoms with Gasteiger partial charge < -0.3 is 15.7 Å². The molecule has 2 aliphatic rings. The van der Waals surface area contributed by atoms with E-state index in [0.29, 0.717) is 5.02 Å². The zero-order chi connectivity index (χ0) is 11.2. The van der Waals surface area contributed by atoms with Gasteiger partial charge in [-0.2, -0.15) is 0 Å². The number of halogens is 1. The molecule has 1 unspecified atom stereocenters. The second-order valence-corrected chi connectivity index (χ2v) is 5.04. The second kappa shape index (κ2) is 3.62. The lowest BCUT2D eigenvalue weighted by molar-refractivity contribution is 0.0873. The summed E-state index contributed by atoms with van der Waals surface area (Å²) in [5, 5.41) is 17.9. The number of hydrogen-bond donors (Lipinski definition) is 3. The number of piperidine rings is 1. The lowest BCUT2D eigenvalue weighted by Crippen LogP contribution is -2.48. The van der Waals surface area contributed by atoms with Crippen molar-refractivity contribution in [2.45, 2.75) is 24.5 Å². The Morgan fingerprint density at radius 3 is 2.75 bits per heavy atom. The zero-order valence-electron chi connectivity index (χ0n) is 8.96. The van der Waals surface area contributed by atoms with Gasteiger partial charge in [0, 0.05) is 5.56 Å². The molecule has 3 N–H and O–H groups in total. The van der Waals surface area contributed by atoms with Gasteiger partial charge in [-0.25, -0.2) is 0 Å². The largest absolute Gasteiger partial charge is 0.386 e. The molecule has 0 bridgehead atoms. The predicted octanol–water partition coefficient (Wildman–Crippen LogP) is 1.92. The van der Waals surface area contributed by atoms with Crippen LogP contribution in [0.2, 0.25) is 5.02 Å². The molecule has 0 aromatic heterocycles. The zero-order valence-corrected chi connectivity index (χ0v) is 9.72. The van der Waals surface area contributed by atoms with Gasteiger partial charge in [0.05, 0.1) is 16.2 Å². The maximum absolute atomic E-state index is 10.4. The summed E-state index contributed by atoms with van der Waals surface area (Å²) >= 11 is 6.15. The van der Waals surface area contributed by atoms with E-state index < -0.39 is 6.10 Å². The average molecular weight is 239 g/mol. The van der Waals surface area contributed by atoms with Crippen LogP contribution in [-0.4, -0.2) is 23.7 Å². The van der Waals surface area contributed by atoms with Crippen molar-refractivity contribution >= 4 is 17.3 Å². The number of anilines is 1. The van der Waals surface area contributed by atoms with E-state index in [0.717, 1.165) is 37.2 Å². The first-order valence-electron chi connectivity index (χ1n) is 5.68. The molecule has 86 valence electrons. The first-order chi connectivity index (χ1) is 7.73. The highest BCUT2D eigenvalue weighted by Gasteiger charge is 2.46. The minimum absolute atomic E-state index is 0.210. The Morgan fingerprint density at radius 1 is 1.31 bits per heavy atom. The number of rotatable bonds is 0. The van der Waals surface area contributed by atoms with Gasteiger partial charge in [-0.1, -0.05) is 23.7 Å². The van der Waals surface area contributed by atoms with E-state index in [4.69, 9.17) is 11.6 Å². The summed E-state index contributed by atoms with van der Waals surface area (Å²) in [6.07, 6.45) is 1.42. The maximum atomic E-state index is 10.4. The number of aliphatic hydroxyl groups is 1. The van der Waals surface area contributed by atoms with Crippen molar-refractivity contribution in [3.05, 3.63) is 28.8 Å². The van der Waals surface area contributed by atoms with E-state index in [1.807, 2.05) is 18.2 Å². The van der Waals surface area contributed by atoms with Gasteiger partial charge >= 0.3 is 0 Å². The molecule has 0 aliphatic carbocycles. The smallest absolute Gasteiger partial charge is 0.104 e. The second-order valence-electron chi connectivity index (χ2n) is 4.64. The Hall–Kier alpha value is -0.770. The Morgan fingerprint density at radius 2 is 2.06 bits per heavy atom. The lowest BCUT2D eigenvalue weighted by atomic mass is 9.83. The van der Waals surface area contributed by atoms with E-state index in [1.54, 1.807) is 0 Å². The molecule has 1 spiro atoms. The topological polar surface area (TPSA) is 44.3 Å². The van der Waals surface area contributed by atoms with Gasteiger partial charge in [0.1, 0.15) is 6.10 Å². The minimum atomic E-state index is -0.441. The summed E-state index contributed by atoms with van der Waals surface area (Å²) in [4.78, 5) is 0. The number of nitrogens with one attached hydrogen (secondary N) is 2. The molecule has 1 saturated heterocycles. The van der Waals surface area contributed by atoms with E-state index in [-0.39, 0.29) is 5.54 Å². The predicted molar refractivity (Wildman–Crippen MR) is 64.9 cm³/mol. The van der Waals surface area contributed by atoms with Crippen LogP contribution in [0.4, 0.5) is 5.69 Å². The fraction of sp³-hybridized carbons (Fsp3) is 0.500. The third-order valence-electron chi connectivity index (χ3n) is 3.73. The third-order valence-corrected chi connectivity index (χ3v) is 4.05. The first kappa shape index (κ1) is 10.4. The van der Waals surface area contributed by atoms with Gasteiger partial charge in [-0.15, -0.1) is 0 Å². The fourth-order valence-electron chi connectivity index (χ4n) is 2.79. The molecule has 3 nitrogen and oxygen atoms in total. The van der Waals surface area contributed by atoms with Crippen molar-refractivity contribution in [2.24, 2.45) is 0 Å². The molecule has 2 heterocycles.